The minimum Gasteiger partial charge on any atom is -0.472 e. The summed E-state index contributed by atoms with van der Waals surface area (Å²) in [7, 11) is 0. The van der Waals surface area contributed by atoms with Gasteiger partial charge in [0.1, 0.15) is 12.0 Å². The van der Waals surface area contributed by atoms with Crippen LogP contribution in [-0.4, -0.2) is 11.8 Å². The van der Waals surface area contributed by atoms with Crippen molar-refractivity contribution in [3.8, 4) is 0 Å². The van der Waals surface area contributed by atoms with E-state index >= 15 is 0 Å². The Morgan fingerprint density at radius 3 is 2.43 bits per heavy atom. The normalized spacial score (nSPS) is 11.3. The van der Waals surface area contributed by atoms with Gasteiger partial charge in [-0.3, -0.25) is 9.59 Å². The first kappa shape index (κ1) is 19.3. The summed E-state index contributed by atoms with van der Waals surface area (Å²) >= 11 is 0. The van der Waals surface area contributed by atoms with Crippen molar-refractivity contribution in [1.82, 2.24) is 0 Å². The highest BCUT2D eigenvalue weighted by Crippen LogP contribution is 2.37. The molecule has 0 aliphatic carbocycles. The van der Waals surface area contributed by atoms with E-state index in [9.17, 15) is 22.8 Å². The molecule has 146 valence electrons. The Hall–Kier alpha value is -3.49. The maximum atomic E-state index is 13.4. The maximum absolute atomic E-state index is 13.4. The van der Waals surface area contributed by atoms with Gasteiger partial charge in [-0.25, -0.2) is 0 Å². The minimum atomic E-state index is -4.75. The lowest BCUT2D eigenvalue weighted by Crippen LogP contribution is -2.17. The van der Waals surface area contributed by atoms with Gasteiger partial charge in [0.15, 0.2) is 5.76 Å². The lowest BCUT2D eigenvalue weighted by atomic mass is 10.1. The van der Waals surface area contributed by atoms with Crippen LogP contribution in [0.4, 0.5) is 24.5 Å². The Morgan fingerprint density at radius 1 is 1.04 bits per heavy atom. The van der Waals surface area contributed by atoms with Gasteiger partial charge in [-0.15, -0.1) is 0 Å². The second-order valence-electron chi connectivity index (χ2n) is 5.80. The number of halogens is 3. The van der Waals surface area contributed by atoms with Gasteiger partial charge < -0.3 is 19.5 Å². The summed E-state index contributed by atoms with van der Waals surface area (Å²) in [6.45, 7) is 1.82. The summed E-state index contributed by atoms with van der Waals surface area (Å²) in [5.74, 6) is -0.984. The van der Waals surface area contributed by atoms with Crippen molar-refractivity contribution in [2.75, 3.05) is 10.6 Å². The van der Waals surface area contributed by atoms with Gasteiger partial charge in [-0.2, -0.15) is 13.2 Å². The third-order valence-electron chi connectivity index (χ3n) is 3.85. The summed E-state index contributed by atoms with van der Waals surface area (Å²) in [5.41, 5.74) is -1.47. The molecule has 6 nitrogen and oxygen atoms in total. The summed E-state index contributed by atoms with van der Waals surface area (Å²) in [4.78, 5) is 24.2. The monoisotopic (exact) mass is 392 g/mol. The topological polar surface area (TPSA) is 84.5 Å². The molecule has 1 aromatic carbocycles. The van der Waals surface area contributed by atoms with E-state index in [0.717, 1.165) is 12.1 Å². The van der Waals surface area contributed by atoms with Crippen LogP contribution in [0.5, 0.6) is 0 Å². The molecule has 0 fully saturated rings. The lowest BCUT2D eigenvalue weighted by Gasteiger charge is -2.15. The van der Waals surface area contributed by atoms with Crippen LogP contribution in [0, 0.1) is 0 Å². The molecule has 2 heterocycles. The zero-order valence-electron chi connectivity index (χ0n) is 14.6. The first-order chi connectivity index (χ1) is 13.3. The second-order valence-corrected chi connectivity index (χ2v) is 5.80. The van der Waals surface area contributed by atoms with Crippen LogP contribution in [0.2, 0.25) is 0 Å². The van der Waals surface area contributed by atoms with E-state index in [1.807, 2.05) is 6.92 Å². The highest BCUT2D eigenvalue weighted by Gasteiger charge is 2.34. The molecule has 0 spiro atoms. The Labute approximate surface area is 157 Å². The van der Waals surface area contributed by atoms with E-state index in [4.69, 9.17) is 8.83 Å². The van der Waals surface area contributed by atoms with E-state index in [-0.39, 0.29) is 17.0 Å². The lowest BCUT2D eigenvalue weighted by molar-refractivity contribution is -0.136. The summed E-state index contributed by atoms with van der Waals surface area (Å²) in [6, 6.07) is 7.41. The van der Waals surface area contributed by atoms with E-state index in [0.29, 0.717) is 12.2 Å². The predicted molar refractivity (Wildman–Crippen MR) is 94.1 cm³/mol. The standard InChI is InChI=1S/C19H15F3N2O4/c1-2-13-4-6-16(28-13)18(26)24-15-5-3-12(9-14(15)19(20,21)22)23-17(25)11-7-8-27-10-11/h3-10H,2H2,1H3,(H,23,25)(H,24,26). The van der Waals surface area contributed by atoms with Crippen molar-refractivity contribution >= 4 is 23.2 Å². The smallest absolute Gasteiger partial charge is 0.418 e. The van der Waals surface area contributed by atoms with Crippen molar-refractivity contribution in [2.24, 2.45) is 0 Å². The molecule has 3 aromatic rings. The number of alkyl halides is 3. The summed E-state index contributed by atoms with van der Waals surface area (Å²) in [5, 5.41) is 4.55. The summed E-state index contributed by atoms with van der Waals surface area (Å²) < 4.78 is 50.4. The highest BCUT2D eigenvalue weighted by atomic mass is 19.4. The molecule has 0 bridgehead atoms. The van der Waals surface area contributed by atoms with E-state index in [1.165, 1.54) is 30.7 Å². The Kier molecular flexibility index (Phi) is 5.25. The number of hydrogen-bond donors (Lipinski definition) is 2. The second kappa shape index (κ2) is 7.63. The quantitative estimate of drug-likeness (QED) is 0.643. The van der Waals surface area contributed by atoms with Crippen LogP contribution in [-0.2, 0) is 12.6 Å². The van der Waals surface area contributed by atoms with Gasteiger partial charge in [0.25, 0.3) is 11.8 Å². The average Bonchev–Trinajstić information content (AvgIpc) is 3.34. The zero-order valence-corrected chi connectivity index (χ0v) is 14.6. The number of nitrogens with one attached hydrogen (secondary N) is 2. The van der Waals surface area contributed by atoms with Crippen LogP contribution in [0.3, 0.4) is 0 Å². The number of carbonyl (C=O) groups is 2. The van der Waals surface area contributed by atoms with Gasteiger partial charge in [0.05, 0.1) is 23.1 Å². The van der Waals surface area contributed by atoms with Gasteiger partial charge in [0.2, 0.25) is 0 Å². The molecule has 0 aliphatic heterocycles. The average molecular weight is 392 g/mol. The molecule has 2 aromatic heterocycles. The number of carbonyl (C=O) groups excluding carboxylic acids is 2. The number of benzene rings is 1. The molecule has 0 unspecified atom stereocenters. The molecule has 2 N–H and O–H groups in total. The molecule has 0 radical (unpaired) electrons. The Morgan fingerprint density at radius 2 is 1.82 bits per heavy atom. The van der Waals surface area contributed by atoms with Gasteiger partial charge >= 0.3 is 6.18 Å². The first-order valence-electron chi connectivity index (χ1n) is 8.22. The number of rotatable bonds is 5. The highest BCUT2D eigenvalue weighted by molar-refractivity contribution is 6.05. The fourth-order valence-electron chi connectivity index (χ4n) is 2.44. The van der Waals surface area contributed by atoms with Gasteiger partial charge in [0, 0.05) is 12.1 Å². The first-order valence-corrected chi connectivity index (χ1v) is 8.22. The molecule has 28 heavy (non-hydrogen) atoms. The number of hydrogen-bond acceptors (Lipinski definition) is 4. The molecule has 0 saturated heterocycles. The maximum Gasteiger partial charge on any atom is 0.418 e. The molecule has 0 aliphatic rings. The van der Waals surface area contributed by atoms with E-state index < -0.39 is 29.2 Å². The molecule has 0 atom stereocenters. The van der Waals surface area contributed by atoms with Crippen LogP contribution in [0.15, 0.2) is 57.8 Å². The van der Waals surface area contributed by atoms with E-state index in [2.05, 4.69) is 10.6 Å². The van der Waals surface area contributed by atoms with Crippen LogP contribution in [0.25, 0.3) is 0 Å². The number of aryl methyl sites for hydroxylation is 1. The van der Waals surface area contributed by atoms with Crippen LogP contribution >= 0.6 is 0 Å². The predicted octanol–water partition coefficient (Wildman–Crippen LogP) is 4.96. The zero-order chi connectivity index (χ0) is 20.3. The summed E-state index contributed by atoms with van der Waals surface area (Å²) in [6.07, 6.45) is -1.77. The molecule has 2 amide bonds. The molecular formula is C19H15F3N2O4. The van der Waals surface area contributed by atoms with E-state index in [1.54, 1.807) is 6.07 Å². The van der Waals surface area contributed by atoms with Crippen LogP contribution < -0.4 is 10.6 Å². The van der Waals surface area contributed by atoms with Crippen molar-refractivity contribution < 1.29 is 31.6 Å². The fourth-order valence-corrected chi connectivity index (χ4v) is 2.44. The van der Waals surface area contributed by atoms with Crippen molar-refractivity contribution in [3.63, 3.8) is 0 Å². The number of amides is 2. The Balaban J connectivity index is 1.84. The molecule has 3 rings (SSSR count). The number of anilines is 2. The molecular weight excluding hydrogens is 377 g/mol. The number of furan rings is 2. The largest absolute Gasteiger partial charge is 0.472 e. The Bertz CT molecular complexity index is 991. The fraction of sp³-hybridized carbons (Fsp3) is 0.158. The third-order valence-corrected chi connectivity index (χ3v) is 3.85. The molecule has 0 saturated carbocycles. The van der Waals surface area contributed by atoms with Crippen molar-refractivity contribution in [1.29, 1.82) is 0 Å². The minimum absolute atomic E-state index is 0.0807. The third kappa shape index (κ3) is 4.25. The van der Waals surface area contributed by atoms with Crippen LogP contribution in [0.1, 0.15) is 39.2 Å². The molecule has 9 heteroatoms. The SMILES string of the molecule is CCc1ccc(C(=O)Nc2ccc(NC(=O)c3ccoc3)cc2C(F)(F)F)o1. The van der Waals surface area contributed by atoms with Crippen molar-refractivity contribution in [2.45, 2.75) is 19.5 Å². The van der Waals surface area contributed by atoms with Crippen molar-refractivity contribution in [3.05, 3.63) is 71.6 Å². The van der Waals surface area contributed by atoms with Gasteiger partial charge in [-0.1, -0.05) is 6.92 Å². The van der Waals surface area contributed by atoms with Gasteiger partial charge in [-0.05, 0) is 36.4 Å².